The Morgan fingerprint density at radius 1 is 0.900 bits per heavy atom. The summed E-state index contributed by atoms with van der Waals surface area (Å²) >= 11 is 2.68. The van der Waals surface area contributed by atoms with Gasteiger partial charge in [-0.15, -0.1) is 23.1 Å². The second-order valence-electron chi connectivity index (χ2n) is 8.63. The molecule has 5 rings (SSSR count). The van der Waals surface area contributed by atoms with E-state index in [9.17, 15) is 14.0 Å². The minimum atomic E-state index is -0.595. The van der Waals surface area contributed by atoms with Crippen LogP contribution < -0.4 is 15.4 Å². The van der Waals surface area contributed by atoms with E-state index in [1.807, 2.05) is 66.0 Å². The highest BCUT2D eigenvalue weighted by Crippen LogP contribution is 2.38. The number of nitrogens with zero attached hydrogens (tertiary/aromatic N) is 1. The number of carbonyl (C=O) groups is 2. The van der Waals surface area contributed by atoms with Crippen molar-refractivity contribution < 1.29 is 18.7 Å². The number of amides is 2. The van der Waals surface area contributed by atoms with Crippen molar-refractivity contribution in [2.24, 2.45) is 0 Å². The zero-order valence-electron chi connectivity index (χ0n) is 21.3. The zero-order chi connectivity index (χ0) is 27.9. The number of nitrogens with one attached hydrogen (secondary N) is 2. The first-order chi connectivity index (χ1) is 19.5. The molecule has 2 amide bonds. The lowest BCUT2D eigenvalue weighted by molar-refractivity contribution is -0.115. The summed E-state index contributed by atoms with van der Waals surface area (Å²) in [5.41, 5.74) is 2.89. The van der Waals surface area contributed by atoms with Crippen LogP contribution in [0.2, 0.25) is 0 Å². The molecule has 1 heterocycles. The van der Waals surface area contributed by atoms with Gasteiger partial charge in [0.15, 0.2) is 5.13 Å². The maximum Gasteiger partial charge on any atom is 0.258 e. The Hall–Kier alpha value is -4.47. The molecule has 1 unspecified atom stereocenters. The van der Waals surface area contributed by atoms with Gasteiger partial charge in [-0.05, 0) is 48.0 Å². The Kier molecular flexibility index (Phi) is 8.53. The van der Waals surface area contributed by atoms with Crippen LogP contribution in [0.3, 0.4) is 0 Å². The summed E-state index contributed by atoms with van der Waals surface area (Å²) < 4.78 is 19.4. The molecule has 40 heavy (non-hydrogen) atoms. The lowest BCUT2D eigenvalue weighted by Crippen LogP contribution is -2.19. The van der Waals surface area contributed by atoms with Gasteiger partial charge in [-0.1, -0.05) is 60.7 Å². The number of halogens is 1. The van der Waals surface area contributed by atoms with Crippen LogP contribution in [0.25, 0.3) is 11.3 Å². The third-order valence-corrected chi connectivity index (χ3v) is 7.91. The number of hydrogen-bond acceptors (Lipinski definition) is 6. The Morgan fingerprint density at radius 3 is 2.48 bits per heavy atom. The summed E-state index contributed by atoms with van der Waals surface area (Å²) in [6.07, 6.45) is 0. The minimum absolute atomic E-state index is 0.0427. The molecule has 9 heteroatoms. The van der Waals surface area contributed by atoms with Crippen molar-refractivity contribution in [2.75, 3.05) is 17.7 Å². The topological polar surface area (TPSA) is 80.3 Å². The summed E-state index contributed by atoms with van der Waals surface area (Å²) in [4.78, 5) is 31.5. The molecular weight excluding hydrogens is 545 g/mol. The van der Waals surface area contributed by atoms with Crippen molar-refractivity contribution in [2.45, 2.75) is 10.1 Å². The summed E-state index contributed by atoms with van der Waals surface area (Å²) in [5, 5.41) is 7.47. The fourth-order valence-electron chi connectivity index (χ4n) is 3.94. The van der Waals surface area contributed by atoms with Gasteiger partial charge in [0.25, 0.3) is 5.91 Å². The molecule has 0 fully saturated rings. The van der Waals surface area contributed by atoms with E-state index in [1.165, 1.54) is 41.3 Å². The maximum atomic E-state index is 14.1. The molecule has 0 saturated heterocycles. The average Bonchev–Trinajstić information content (AvgIpc) is 3.45. The lowest BCUT2D eigenvalue weighted by atomic mass is 10.1. The molecule has 0 aliphatic rings. The normalized spacial score (nSPS) is 11.4. The number of carbonyl (C=O) groups excluding carboxylic acids is 2. The van der Waals surface area contributed by atoms with Crippen LogP contribution in [0.4, 0.5) is 15.2 Å². The molecule has 0 bridgehead atoms. The van der Waals surface area contributed by atoms with Crippen molar-refractivity contribution in [3.8, 4) is 17.0 Å². The van der Waals surface area contributed by atoms with Crippen LogP contribution in [-0.2, 0) is 4.79 Å². The van der Waals surface area contributed by atoms with Crippen LogP contribution in [0.15, 0.2) is 113 Å². The van der Waals surface area contributed by atoms with Crippen LogP contribution in [0.5, 0.6) is 5.75 Å². The second kappa shape index (κ2) is 12.6. The van der Waals surface area contributed by atoms with Crippen LogP contribution in [-0.4, -0.2) is 23.9 Å². The maximum absolute atomic E-state index is 14.1. The number of thiazole rings is 1. The molecule has 0 aliphatic heterocycles. The predicted molar refractivity (Wildman–Crippen MR) is 159 cm³/mol. The van der Waals surface area contributed by atoms with E-state index in [1.54, 1.807) is 31.4 Å². The van der Waals surface area contributed by atoms with Gasteiger partial charge >= 0.3 is 0 Å². The molecule has 200 valence electrons. The quantitative estimate of drug-likeness (QED) is 0.178. The van der Waals surface area contributed by atoms with E-state index in [-0.39, 0.29) is 11.5 Å². The monoisotopic (exact) mass is 569 g/mol. The van der Waals surface area contributed by atoms with Crippen LogP contribution in [0.1, 0.15) is 21.2 Å². The lowest BCUT2D eigenvalue weighted by Gasteiger charge is -2.17. The van der Waals surface area contributed by atoms with Crippen molar-refractivity contribution >= 4 is 45.7 Å². The highest BCUT2D eigenvalue weighted by molar-refractivity contribution is 8.00. The molecule has 0 radical (unpaired) electrons. The molecule has 1 aromatic heterocycles. The number of anilines is 2. The second-order valence-corrected chi connectivity index (χ2v) is 10.7. The predicted octanol–water partition coefficient (Wildman–Crippen LogP) is 7.68. The van der Waals surface area contributed by atoms with Crippen LogP contribution in [0, 0.1) is 5.82 Å². The van der Waals surface area contributed by atoms with E-state index >= 15 is 0 Å². The SMILES string of the molecule is COc1cccc(-c2csc(NC(=O)C(Sc3cccc(NC(=O)c4ccccc4F)c3)c3ccccc3)n2)c1. The van der Waals surface area contributed by atoms with E-state index in [4.69, 9.17) is 4.74 Å². The number of ether oxygens (including phenoxy) is 1. The van der Waals surface area contributed by atoms with E-state index < -0.39 is 17.0 Å². The fraction of sp³-hybridized carbons (Fsp3) is 0.0645. The summed E-state index contributed by atoms with van der Waals surface area (Å²) in [6.45, 7) is 0. The number of aromatic nitrogens is 1. The van der Waals surface area contributed by atoms with E-state index in [2.05, 4.69) is 15.6 Å². The molecule has 0 spiro atoms. The van der Waals surface area contributed by atoms with Gasteiger partial charge in [-0.3, -0.25) is 9.59 Å². The van der Waals surface area contributed by atoms with Crippen molar-refractivity contribution in [1.82, 2.24) is 4.98 Å². The van der Waals surface area contributed by atoms with Crippen molar-refractivity contribution in [3.05, 3.63) is 125 Å². The van der Waals surface area contributed by atoms with Gasteiger partial charge in [0, 0.05) is 21.5 Å². The number of benzene rings is 4. The van der Waals surface area contributed by atoms with Crippen molar-refractivity contribution in [3.63, 3.8) is 0 Å². The number of rotatable bonds is 9. The highest BCUT2D eigenvalue weighted by Gasteiger charge is 2.23. The highest BCUT2D eigenvalue weighted by atomic mass is 32.2. The fourth-order valence-corrected chi connectivity index (χ4v) is 5.75. The Labute approximate surface area is 239 Å². The van der Waals surface area contributed by atoms with Gasteiger partial charge in [0.1, 0.15) is 16.8 Å². The summed E-state index contributed by atoms with van der Waals surface area (Å²) in [6, 6.07) is 29.9. The van der Waals surface area contributed by atoms with E-state index in [0.717, 1.165) is 27.5 Å². The largest absolute Gasteiger partial charge is 0.497 e. The first kappa shape index (κ1) is 27.1. The smallest absolute Gasteiger partial charge is 0.258 e. The number of hydrogen-bond donors (Lipinski definition) is 2. The van der Waals surface area contributed by atoms with Gasteiger partial charge in [-0.25, -0.2) is 9.37 Å². The van der Waals surface area contributed by atoms with Gasteiger partial charge in [0.05, 0.1) is 18.4 Å². The van der Waals surface area contributed by atoms with Gasteiger partial charge < -0.3 is 15.4 Å². The molecule has 0 saturated carbocycles. The zero-order valence-corrected chi connectivity index (χ0v) is 23.0. The number of thioether (sulfide) groups is 1. The molecule has 2 N–H and O–H groups in total. The molecule has 0 aliphatic carbocycles. The van der Waals surface area contributed by atoms with Gasteiger partial charge in [-0.2, -0.15) is 0 Å². The first-order valence-electron chi connectivity index (χ1n) is 12.3. The Bertz CT molecular complexity index is 1640. The molecule has 6 nitrogen and oxygen atoms in total. The summed E-state index contributed by atoms with van der Waals surface area (Å²) in [5.74, 6) is -0.649. The average molecular weight is 570 g/mol. The first-order valence-corrected chi connectivity index (χ1v) is 14.0. The van der Waals surface area contributed by atoms with Crippen molar-refractivity contribution in [1.29, 1.82) is 0 Å². The molecular formula is C31H24FN3O3S2. The van der Waals surface area contributed by atoms with E-state index in [0.29, 0.717) is 10.8 Å². The van der Waals surface area contributed by atoms with Gasteiger partial charge in [0.2, 0.25) is 5.91 Å². The number of methoxy groups -OCH3 is 1. The molecule has 5 aromatic rings. The summed E-state index contributed by atoms with van der Waals surface area (Å²) in [7, 11) is 1.61. The molecule has 1 atom stereocenters. The Morgan fingerprint density at radius 2 is 1.68 bits per heavy atom. The third kappa shape index (κ3) is 6.56. The molecule has 4 aromatic carbocycles. The third-order valence-electron chi connectivity index (χ3n) is 5.90. The standard InChI is InChI=1S/C31H24FN3O3S2/c1-38-23-13-7-11-21(17-23)27-19-39-31(34-27)35-30(37)28(20-9-3-2-4-10-20)40-24-14-8-12-22(18-24)33-29(36)25-15-5-6-16-26(25)32/h2-19,28H,1H3,(H,33,36)(H,34,35,37). The minimum Gasteiger partial charge on any atom is -0.497 e. The Balaban J connectivity index is 1.34. The van der Waals surface area contributed by atoms with Crippen LogP contribution >= 0.6 is 23.1 Å².